The number of aliphatic hydroxyl groups excluding tert-OH is 1. The van der Waals surface area contributed by atoms with Gasteiger partial charge < -0.3 is 16.2 Å². The van der Waals surface area contributed by atoms with Gasteiger partial charge in [0, 0.05) is 18.7 Å². The van der Waals surface area contributed by atoms with E-state index in [9.17, 15) is 15.2 Å². The van der Waals surface area contributed by atoms with Crippen molar-refractivity contribution in [1.29, 1.82) is 0 Å². The molecule has 7 nitrogen and oxygen atoms in total. The highest BCUT2D eigenvalue weighted by atomic mass is 32.1. The molecule has 0 amide bonds. The fourth-order valence-corrected chi connectivity index (χ4v) is 2.73. The largest absolute Gasteiger partial charge is 0.383 e. The number of anilines is 2. The molecule has 0 aliphatic heterocycles. The Morgan fingerprint density at radius 2 is 2.33 bits per heavy atom. The van der Waals surface area contributed by atoms with Gasteiger partial charge in [0.05, 0.1) is 9.80 Å². The highest BCUT2D eigenvalue weighted by Gasteiger charge is 2.20. The maximum Gasteiger partial charge on any atom is 0.269 e. The number of aliphatic hydroxyl groups is 1. The number of hydrogen-bond acceptors (Lipinski definition) is 7. The van der Waals surface area contributed by atoms with Crippen LogP contribution in [0.15, 0.2) is 24.3 Å². The summed E-state index contributed by atoms with van der Waals surface area (Å²) in [6, 6.07) is 5.86. The van der Waals surface area contributed by atoms with Gasteiger partial charge >= 0.3 is 0 Å². The zero-order chi connectivity index (χ0) is 15.4. The van der Waals surface area contributed by atoms with Gasteiger partial charge in [-0.3, -0.25) is 10.1 Å². The van der Waals surface area contributed by atoms with Gasteiger partial charge in [-0.25, -0.2) is 4.98 Å². The van der Waals surface area contributed by atoms with Gasteiger partial charge in [-0.15, -0.1) is 0 Å². The van der Waals surface area contributed by atoms with E-state index >= 15 is 0 Å². The van der Waals surface area contributed by atoms with Crippen LogP contribution in [0.2, 0.25) is 0 Å². The molecule has 0 bridgehead atoms. The maximum absolute atomic E-state index is 10.8. The molecule has 0 aliphatic carbocycles. The molecular weight excluding hydrogens is 292 g/mol. The van der Waals surface area contributed by atoms with Gasteiger partial charge in [-0.1, -0.05) is 30.4 Å². The minimum atomic E-state index is -1.03. The number of nitrogens with two attached hydrogens (primary N) is 1. The Balaban J connectivity index is 2.27. The van der Waals surface area contributed by atoms with Gasteiger partial charge in [-0.2, -0.15) is 0 Å². The molecule has 1 unspecified atom stereocenters. The van der Waals surface area contributed by atoms with Gasteiger partial charge in [0.25, 0.3) is 5.69 Å². The lowest BCUT2D eigenvalue weighted by atomic mass is 10.1. The average Bonchev–Trinajstić information content (AvgIpc) is 2.85. The van der Waals surface area contributed by atoms with Crippen molar-refractivity contribution in [1.82, 2.24) is 4.98 Å². The highest BCUT2D eigenvalue weighted by molar-refractivity contribution is 7.16. The molecule has 8 heteroatoms. The van der Waals surface area contributed by atoms with Crippen molar-refractivity contribution in [2.45, 2.75) is 19.4 Å². The van der Waals surface area contributed by atoms with Crippen LogP contribution in [0, 0.1) is 10.1 Å². The molecule has 1 aromatic carbocycles. The predicted octanol–water partition coefficient (Wildman–Crippen LogP) is 2.54. The summed E-state index contributed by atoms with van der Waals surface area (Å²) in [7, 11) is 0. The number of nitrogens with one attached hydrogen (secondary N) is 1. The van der Waals surface area contributed by atoms with Gasteiger partial charge in [0.1, 0.15) is 11.9 Å². The quantitative estimate of drug-likeness (QED) is 0.558. The molecule has 0 aliphatic rings. The monoisotopic (exact) mass is 308 g/mol. The van der Waals surface area contributed by atoms with Crippen LogP contribution in [0.5, 0.6) is 0 Å². The Kier molecular flexibility index (Phi) is 4.71. The molecule has 4 N–H and O–H groups in total. The van der Waals surface area contributed by atoms with E-state index in [1.54, 1.807) is 6.07 Å². The zero-order valence-electron chi connectivity index (χ0n) is 11.4. The van der Waals surface area contributed by atoms with E-state index < -0.39 is 11.0 Å². The Morgan fingerprint density at radius 1 is 1.57 bits per heavy atom. The van der Waals surface area contributed by atoms with Crippen LogP contribution in [0.4, 0.5) is 16.6 Å². The van der Waals surface area contributed by atoms with Crippen molar-refractivity contribution in [3.8, 4) is 0 Å². The summed E-state index contributed by atoms with van der Waals surface area (Å²) in [6.45, 7) is 2.79. The molecule has 0 spiro atoms. The molecular formula is C13H16N4O3S. The lowest BCUT2D eigenvalue weighted by molar-refractivity contribution is -0.385. The van der Waals surface area contributed by atoms with Crippen LogP contribution in [-0.4, -0.2) is 21.6 Å². The third kappa shape index (κ3) is 3.47. The first-order valence-electron chi connectivity index (χ1n) is 6.45. The standard InChI is InChI=1S/C13H16N4O3S/c1-2-6-15-13-16-12(14)11(21-13)10(18)8-4-3-5-9(7-8)17(19)20/h3-5,7,10,18H,2,6,14H2,1H3,(H,15,16). The second-order valence-corrected chi connectivity index (χ2v) is 5.48. The van der Waals surface area contributed by atoms with Crippen LogP contribution in [-0.2, 0) is 0 Å². The fourth-order valence-electron chi connectivity index (χ4n) is 1.81. The van der Waals surface area contributed by atoms with Crippen LogP contribution in [0.25, 0.3) is 0 Å². The molecule has 1 heterocycles. The summed E-state index contributed by atoms with van der Waals surface area (Å²) in [4.78, 5) is 14.9. The van der Waals surface area contributed by atoms with Crippen molar-refractivity contribution in [2.75, 3.05) is 17.6 Å². The average molecular weight is 308 g/mol. The summed E-state index contributed by atoms with van der Waals surface area (Å²) in [5.41, 5.74) is 6.16. The SMILES string of the molecule is CCCNc1nc(N)c(C(O)c2cccc([N+](=O)[O-])c2)s1. The van der Waals surface area contributed by atoms with Crippen LogP contribution < -0.4 is 11.1 Å². The van der Waals surface area contributed by atoms with E-state index in [0.29, 0.717) is 15.6 Å². The zero-order valence-corrected chi connectivity index (χ0v) is 12.3. The van der Waals surface area contributed by atoms with E-state index in [4.69, 9.17) is 5.73 Å². The number of nitrogens with zero attached hydrogens (tertiary/aromatic N) is 2. The minimum Gasteiger partial charge on any atom is -0.383 e. The van der Waals surface area contributed by atoms with E-state index in [0.717, 1.165) is 13.0 Å². The third-order valence-corrected chi connectivity index (χ3v) is 3.93. The smallest absolute Gasteiger partial charge is 0.269 e. The normalized spacial score (nSPS) is 12.1. The van der Waals surface area contributed by atoms with E-state index in [1.165, 1.54) is 29.5 Å². The summed E-state index contributed by atoms with van der Waals surface area (Å²) >= 11 is 1.25. The fraction of sp³-hybridized carbons (Fsp3) is 0.308. The second-order valence-electron chi connectivity index (χ2n) is 4.45. The number of nitrogen functional groups attached to an aromatic ring is 1. The number of rotatable bonds is 6. The lowest BCUT2D eigenvalue weighted by Crippen LogP contribution is -2.02. The topological polar surface area (TPSA) is 114 Å². The number of nitro groups is 1. The molecule has 112 valence electrons. The number of nitro benzene ring substituents is 1. The van der Waals surface area contributed by atoms with E-state index in [-0.39, 0.29) is 11.5 Å². The predicted molar refractivity (Wildman–Crippen MR) is 82.5 cm³/mol. The Bertz CT molecular complexity index is 644. The van der Waals surface area contributed by atoms with Crippen LogP contribution in [0.3, 0.4) is 0 Å². The highest BCUT2D eigenvalue weighted by Crippen LogP contribution is 2.35. The van der Waals surface area contributed by atoms with E-state index in [1.807, 2.05) is 6.92 Å². The third-order valence-electron chi connectivity index (χ3n) is 2.85. The first-order chi connectivity index (χ1) is 10.0. The van der Waals surface area contributed by atoms with Crippen LogP contribution >= 0.6 is 11.3 Å². The number of aromatic nitrogens is 1. The van der Waals surface area contributed by atoms with Crippen molar-refractivity contribution in [2.24, 2.45) is 0 Å². The molecule has 1 aromatic heterocycles. The lowest BCUT2D eigenvalue weighted by Gasteiger charge is -2.08. The molecule has 0 radical (unpaired) electrons. The Hall–Kier alpha value is -2.19. The Morgan fingerprint density at radius 3 is 3.00 bits per heavy atom. The van der Waals surface area contributed by atoms with Crippen molar-refractivity contribution < 1.29 is 10.0 Å². The number of thiazole rings is 1. The number of benzene rings is 1. The molecule has 1 atom stereocenters. The van der Waals surface area contributed by atoms with Gasteiger partial charge in [-0.05, 0) is 12.0 Å². The first-order valence-corrected chi connectivity index (χ1v) is 7.27. The molecule has 21 heavy (non-hydrogen) atoms. The van der Waals surface area contributed by atoms with Crippen LogP contribution in [0.1, 0.15) is 29.9 Å². The summed E-state index contributed by atoms with van der Waals surface area (Å²) in [6.07, 6.45) is -0.0815. The van der Waals surface area contributed by atoms with Crippen molar-refractivity contribution in [3.05, 3.63) is 44.8 Å². The molecule has 0 fully saturated rings. The van der Waals surface area contributed by atoms with Gasteiger partial charge in [0.15, 0.2) is 5.13 Å². The molecule has 2 rings (SSSR count). The summed E-state index contributed by atoms with van der Waals surface area (Å²) < 4.78 is 0. The number of non-ortho nitro benzene ring substituents is 1. The van der Waals surface area contributed by atoms with E-state index in [2.05, 4.69) is 10.3 Å². The first kappa shape index (κ1) is 15.2. The summed E-state index contributed by atoms with van der Waals surface area (Å²) in [5.74, 6) is 0.234. The summed E-state index contributed by atoms with van der Waals surface area (Å²) in [5, 5.41) is 24.9. The minimum absolute atomic E-state index is 0.0704. The van der Waals surface area contributed by atoms with Crippen molar-refractivity contribution in [3.63, 3.8) is 0 Å². The second kappa shape index (κ2) is 6.51. The van der Waals surface area contributed by atoms with Crippen molar-refractivity contribution >= 4 is 28.0 Å². The number of hydrogen-bond donors (Lipinski definition) is 3. The Labute approximate surface area is 125 Å². The molecule has 2 aromatic rings. The maximum atomic E-state index is 10.8. The molecule has 0 saturated heterocycles. The van der Waals surface area contributed by atoms with Gasteiger partial charge in [0.2, 0.25) is 0 Å². The molecule has 0 saturated carbocycles.